The number of nitrogens with one attached hydrogen (secondary N) is 1. The lowest BCUT2D eigenvalue weighted by Crippen LogP contribution is -2.07. The van der Waals surface area contributed by atoms with Crippen molar-refractivity contribution in [3.05, 3.63) is 54.1 Å². The van der Waals surface area contributed by atoms with Gasteiger partial charge in [-0.05, 0) is 36.8 Å². The zero-order valence-corrected chi connectivity index (χ0v) is 17.6. The summed E-state index contributed by atoms with van der Waals surface area (Å²) < 4.78 is 2.16. The fourth-order valence-corrected chi connectivity index (χ4v) is 4.03. The molecule has 0 atom stereocenters. The Labute approximate surface area is 177 Å². The molecule has 2 aromatic carbocycles. The van der Waals surface area contributed by atoms with E-state index in [1.807, 2.05) is 18.2 Å². The summed E-state index contributed by atoms with van der Waals surface area (Å²) in [5.74, 6) is 0.0260. The van der Waals surface area contributed by atoms with Crippen molar-refractivity contribution in [2.45, 2.75) is 32.0 Å². The van der Waals surface area contributed by atoms with Crippen LogP contribution in [0.3, 0.4) is 0 Å². The first-order valence-corrected chi connectivity index (χ1v) is 10.7. The van der Waals surface area contributed by atoms with Crippen LogP contribution in [0.15, 0.2) is 53.7 Å². The molecule has 4 aromatic rings. The van der Waals surface area contributed by atoms with Crippen LogP contribution in [-0.2, 0) is 11.3 Å². The van der Waals surface area contributed by atoms with Gasteiger partial charge in [-0.15, -0.1) is 10.2 Å². The van der Waals surface area contributed by atoms with E-state index < -0.39 is 0 Å². The monoisotopic (exact) mass is 419 g/mol. The maximum absolute atomic E-state index is 12.5. The number of rotatable bonds is 7. The Balaban J connectivity index is 1.54. The van der Waals surface area contributed by atoms with E-state index in [9.17, 15) is 9.59 Å². The van der Waals surface area contributed by atoms with Gasteiger partial charge in [-0.2, -0.15) is 0 Å². The highest BCUT2D eigenvalue weighted by Crippen LogP contribution is 2.27. The number of para-hydroxylation sites is 1. The van der Waals surface area contributed by atoms with Crippen molar-refractivity contribution in [1.82, 2.24) is 19.7 Å². The second kappa shape index (κ2) is 8.62. The molecule has 1 N–H and O–H groups in total. The van der Waals surface area contributed by atoms with E-state index in [0.717, 1.165) is 35.0 Å². The van der Waals surface area contributed by atoms with Gasteiger partial charge in [0, 0.05) is 30.1 Å². The standard InChI is InChI=1S/C22H21N5O2S/c1-3-12-27-18-7-5-4-6-17(18)20-21(27)24-22(26-25-20)30-13-19(29)15-8-10-16(11-9-15)23-14(2)28/h4-11H,3,12-13H2,1-2H3,(H,23,28). The molecular weight excluding hydrogens is 398 g/mol. The van der Waals surface area contributed by atoms with Crippen molar-refractivity contribution in [3.63, 3.8) is 0 Å². The number of anilines is 1. The predicted octanol–water partition coefficient (Wildman–Crippen LogP) is 4.32. The molecule has 2 aromatic heterocycles. The number of hydrogen-bond acceptors (Lipinski definition) is 6. The van der Waals surface area contributed by atoms with Crippen LogP contribution in [0, 0.1) is 0 Å². The molecule has 0 aliphatic heterocycles. The molecule has 1 amide bonds. The van der Waals surface area contributed by atoms with Gasteiger partial charge >= 0.3 is 0 Å². The van der Waals surface area contributed by atoms with Gasteiger partial charge in [0.05, 0.1) is 11.3 Å². The van der Waals surface area contributed by atoms with Gasteiger partial charge in [-0.1, -0.05) is 36.9 Å². The molecule has 2 heterocycles. The molecule has 8 heteroatoms. The van der Waals surface area contributed by atoms with Gasteiger partial charge in [-0.3, -0.25) is 9.59 Å². The molecule has 7 nitrogen and oxygen atoms in total. The molecule has 152 valence electrons. The number of thioether (sulfide) groups is 1. The van der Waals surface area contributed by atoms with E-state index in [0.29, 0.717) is 16.4 Å². The normalized spacial score (nSPS) is 11.1. The maximum atomic E-state index is 12.5. The van der Waals surface area contributed by atoms with Gasteiger partial charge in [0.15, 0.2) is 11.4 Å². The highest BCUT2D eigenvalue weighted by atomic mass is 32.2. The van der Waals surface area contributed by atoms with E-state index in [1.54, 1.807) is 24.3 Å². The summed E-state index contributed by atoms with van der Waals surface area (Å²) in [6, 6.07) is 14.9. The zero-order chi connectivity index (χ0) is 21.1. The van der Waals surface area contributed by atoms with E-state index in [-0.39, 0.29) is 17.4 Å². The van der Waals surface area contributed by atoms with E-state index in [1.165, 1.54) is 18.7 Å². The topological polar surface area (TPSA) is 89.8 Å². The summed E-state index contributed by atoms with van der Waals surface area (Å²) in [5, 5.41) is 12.8. The van der Waals surface area contributed by atoms with Crippen LogP contribution in [0.4, 0.5) is 5.69 Å². The Bertz CT molecular complexity index is 1230. The molecule has 0 radical (unpaired) electrons. The largest absolute Gasteiger partial charge is 0.326 e. The number of Topliss-reactive ketones (excluding diaryl/α,β-unsaturated/α-hetero) is 1. The highest BCUT2D eigenvalue weighted by molar-refractivity contribution is 7.99. The van der Waals surface area contributed by atoms with Crippen LogP contribution in [0.1, 0.15) is 30.6 Å². The number of aryl methyl sites for hydroxylation is 1. The van der Waals surface area contributed by atoms with E-state index in [2.05, 4.69) is 33.1 Å². The Morgan fingerprint density at radius 3 is 2.57 bits per heavy atom. The van der Waals surface area contributed by atoms with Crippen LogP contribution >= 0.6 is 11.8 Å². The van der Waals surface area contributed by atoms with Gasteiger partial charge in [0.1, 0.15) is 5.52 Å². The lowest BCUT2D eigenvalue weighted by Gasteiger charge is -2.05. The third-order valence-corrected chi connectivity index (χ3v) is 5.50. The number of carbonyl (C=O) groups is 2. The third-order valence-electron chi connectivity index (χ3n) is 4.66. The van der Waals surface area contributed by atoms with Crippen LogP contribution in [0.2, 0.25) is 0 Å². The number of benzene rings is 2. The molecule has 0 saturated carbocycles. The van der Waals surface area contributed by atoms with Gasteiger partial charge in [0.2, 0.25) is 11.1 Å². The Kier molecular flexibility index (Phi) is 5.76. The molecule has 0 fully saturated rings. The smallest absolute Gasteiger partial charge is 0.221 e. The summed E-state index contributed by atoms with van der Waals surface area (Å²) in [4.78, 5) is 28.3. The third kappa shape index (κ3) is 4.04. The molecule has 0 spiro atoms. The average molecular weight is 420 g/mol. The lowest BCUT2D eigenvalue weighted by atomic mass is 10.1. The number of fused-ring (bicyclic) bond motifs is 3. The molecule has 0 bridgehead atoms. The number of carbonyl (C=O) groups excluding carboxylic acids is 2. The van der Waals surface area contributed by atoms with Crippen LogP contribution in [0.5, 0.6) is 0 Å². The lowest BCUT2D eigenvalue weighted by molar-refractivity contribution is -0.114. The summed E-state index contributed by atoms with van der Waals surface area (Å²) in [5.41, 5.74) is 3.90. The van der Waals surface area contributed by atoms with Gasteiger partial charge in [-0.25, -0.2) is 4.98 Å². The Hall–Kier alpha value is -3.26. The van der Waals surface area contributed by atoms with Crippen LogP contribution in [-0.4, -0.2) is 37.2 Å². The van der Waals surface area contributed by atoms with E-state index >= 15 is 0 Å². The number of aromatic nitrogens is 4. The second-order valence-corrected chi connectivity index (χ2v) is 7.85. The SMILES string of the molecule is CCCn1c2ccccc2c2nnc(SCC(=O)c3ccc(NC(C)=O)cc3)nc21. The fraction of sp³-hybridized carbons (Fsp3) is 0.227. The van der Waals surface area contributed by atoms with Crippen molar-refractivity contribution < 1.29 is 9.59 Å². The minimum absolute atomic E-state index is 0.0350. The first-order valence-electron chi connectivity index (χ1n) is 9.72. The van der Waals surface area contributed by atoms with Gasteiger partial charge < -0.3 is 9.88 Å². The Morgan fingerprint density at radius 1 is 1.07 bits per heavy atom. The quantitative estimate of drug-likeness (QED) is 0.354. The average Bonchev–Trinajstić information content (AvgIpc) is 3.06. The maximum Gasteiger partial charge on any atom is 0.221 e. The van der Waals surface area contributed by atoms with Crippen molar-refractivity contribution in [1.29, 1.82) is 0 Å². The summed E-state index contributed by atoms with van der Waals surface area (Å²) >= 11 is 1.27. The molecule has 4 rings (SSSR count). The van der Waals surface area contributed by atoms with Crippen LogP contribution < -0.4 is 5.32 Å². The molecule has 30 heavy (non-hydrogen) atoms. The predicted molar refractivity (Wildman–Crippen MR) is 119 cm³/mol. The first kappa shape index (κ1) is 20.0. The molecule has 0 aliphatic carbocycles. The van der Waals surface area contributed by atoms with Crippen molar-refractivity contribution >= 4 is 51.2 Å². The van der Waals surface area contributed by atoms with Gasteiger partial charge in [0.25, 0.3) is 0 Å². The molecule has 0 unspecified atom stereocenters. The summed E-state index contributed by atoms with van der Waals surface area (Å²) in [6.07, 6.45) is 0.979. The molecular formula is C22H21N5O2S. The summed E-state index contributed by atoms with van der Waals surface area (Å²) in [6.45, 7) is 4.41. The van der Waals surface area contributed by atoms with Crippen molar-refractivity contribution in [2.75, 3.05) is 11.1 Å². The van der Waals surface area contributed by atoms with Crippen LogP contribution in [0.25, 0.3) is 22.1 Å². The summed E-state index contributed by atoms with van der Waals surface area (Å²) in [7, 11) is 0. The van der Waals surface area contributed by atoms with Crippen molar-refractivity contribution in [2.24, 2.45) is 0 Å². The zero-order valence-electron chi connectivity index (χ0n) is 16.8. The number of ketones is 1. The minimum atomic E-state index is -0.148. The number of amides is 1. The first-order chi connectivity index (χ1) is 14.6. The Morgan fingerprint density at radius 2 is 1.83 bits per heavy atom. The highest BCUT2D eigenvalue weighted by Gasteiger charge is 2.15. The fourth-order valence-electron chi connectivity index (χ4n) is 3.36. The van der Waals surface area contributed by atoms with E-state index in [4.69, 9.17) is 4.98 Å². The second-order valence-electron chi connectivity index (χ2n) is 6.91. The number of hydrogen-bond donors (Lipinski definition) is 1. The molecule has 0 saturated heterocycles. The minimum Gasteiger partial charge on any atom is -0.326 e. The number of nitrogens with zero attached hydrogens (tertiary/aromatic N) is 4. The molecule has 0 aliphatic rings. The van der Waals surface area contributed by atoms with Crippen molar-refractivity contribution in [3.8, 4) is 0 Å².